The van der Waals surface area contributed by atoms with Gasteiger partial charge < -0.3 is 15.6 Å². The molecule has 0 saturated carbocycles. The van der Waals surface area contributed by atoms with Gasteiger partial charge in [-0.2, -0.15) is 0 Å². The van der Waals surface area contributed by atoms with Gasteiger partial charge in [-0.05, 0) is 24.0 Å². The monoisotopic (exact) mass is 295 g/mol. The molecule has 3 N–H and O–H groups in total. The van der Waals surface area contributed by atoms with Crippen LogP contribution < -0.4 is 5.73 Å². The minimum Gasteiger partial charge on any atom is -0.380 e. The molecule has 114 valence electrons. The van der Waals surface area contributed by atoms with Crippen molar-refractivity contribution in [1.29, 1.82) is 0 Å². The Morgan fingerprint density at radius 3 is 1.82 bits per heavy atom. The first-order valence-electron chi connectivity index (χ1n) is 7.95. The minimum absolute atomic E-state index is 0.0328. The van der Waals surface area contributed by atoms with Crippen LogP contribution in [0.2, 0.25) is 0 Å². The zero-order chi connectivity index (χ0) is 15.2. The number of rotatable bonds is 3. The van der Waals surface area contributed by atoms with E-state index >= 15 is 0 Å². The molecule has 4 rings (SSSR count). The van der Waals surface area contributed by atoms with E-state index in [1.54, 1.807) is 0 Å². The zero-order valence-electron chi connectivity index (χ0n) is 12.4. The number of hydrogen-bond acceptors (Lipinski definition) is 3. The third kappa shape index (κ3) is 1.93. The lowest BCUT2D eigenvalue weighted by molar-refractivity contribution is -0.0221. The predicted molar refractivity (Wildman–Crippen MR) is 85.2 cm³/mol. The summed E-state index contributed by atoms with van der Waals surface area (Å²) < 4.78 is 6.00. The lowest BCUT2D eigenvalue weighted by atomic mass is 9.68. The second-order valence-electron chi connectivity index (χ2n) is 6.39. The van der Waals surface area contributed by atoms with Gasteiger partial charge in [-0.3, -0.25) is 0 Å². The Morgan fingerprint density at radius 2 is 1.36 bits per heavy atom. The Hall–Kier alpha value is -1.68. The molecule has 2 bridgehead atoms. The average molecular weight is 295 g/mol. The number of ether oxygens (including phenoxy) is 1. The maximum absolute atomic E-state index is 11.8. The number of hydrogen-bond donors (Lipinski definition) is 2. The van der Waals surface area contributed by atoms with Crippen molar-refractivity contribution in [2.24, 2.45) is 11.7 Å². The molecule has 0 amide bonds. The molecule has 3 nitrogen and oxygen atoms in total. The Morgan fingerprint density at radius 1 is 0.864 bits per heavy atom. The summed E-state index contributed by atoms with van der Waals surface area (Å²) in [5.74, 6) is -0.115. The van der Waals surface area contributed by atoms with Crippen LogP contribution >= 0.6 is 0 Å². The van der Waals surface area contributed by atoms with Crippen LogP contribution in [0.5, 0.6) is 0 Å². The van der Waals surface area contributed by atoms with Crippen molar-refractivity contribution in [1.82, 2.24) is 0 Å². The molecule has 4 atom stereocenters. The number of benzene rings is 2. The first kappa shape index (κ1) is 13.9. The van der Waals surface area contributed by atoms with Crippen LogP contribution in [0, 0.1) is 5.92 Å². The summed E-state index contributed by atoms with van der Waals surface area (Å²) in [5.41, 5.74) is 7.10. The largest absolute Gasteiger partial charge is 0.380 e. The van der Waals surface area contributed by atoms with Gasteiger partial charge in [-0.25, -0.2) is 0 Å². The lowest BCUT2D eigenvalue weighted by Gasteiger charge is -2.41. The van der Waals surface area contributed by atoms with E-state index in [0.717, 1.165) is 24.0 Å². The third-order valence-corrected chi connectivity index (χ3v) is 5.24. The Labute approximate surface area is 130 Å². The maximum atomic E-state index is 11.8. The van der Waals surface area contributed by atoms with Gasteiger partial charge in [-0.1, -0.05) is 60.7 Å². The van der Waals surface area contributed by atoms with E-state index in [-0.39, 0.29) is 24.2 Å². The highest BCUT2D eigenvalue weighted by Crippen LogP contribution is 2.49. The molecule has 2 heterocycles. The van der Waals surface area contributed by atoms with E-state index in [4.69, 9.17) is 10.5 Å². The molecule has 0 spiro atoms. The van der Waals surface area contributed by atoms with Crippen molar-refractivity contribution < 1.29 is 9.84 Å². The van der Waals surface area contributed by atoms with Gasteiger partial charge in [-0.15, -0.1) is 0 Å². The molecule has 2 saturated heterocycles. The molecule has 3 heteroatoms. The van der Waals surface area contributed by atoms with Crippen LogP contribution in [-0.2, 0) is 10.3 Å². The standard InChI is InChI=1S/C19H21NO2/c20-18-16-12-11-15(22-16)17(18)19(21,13-7-3-1-4-8-13)14-9-5-2-6-10-14/h1-10,15-18,21H,11-12,20H2/t15-,16+,17-,18+/m0/s1. The Kier molecular flexibility index (Phi) is 3.30. The maximum Gasteiger partial charge on any atom is 0.121 e. The molecule has 0 aromatic heterocycles. The number of aliphatic hydroxyl groups is 1. The quantitative estimate of drug-likeness (QED) is 0.914. The summed E-state index contributed by atoms with van der Waals surface area (Å²) >= 11 is 0. The van der Waals surface area contributed by atoms with E-state index in [9.17, 15) is 5.11 Å². The molecule has 0 aliphatic carbocycles. The van der Waals surface area contributed by atoms with E-state index in [1.165, 1.54) is 0 Å². The van der Waals surface area contributed by atoms with Gasteiger partial charge >= 0.3 is 0 Å². The molecule has 2 aliphatic heterocycles. The van der Waals surface area contributed by atoms with Crippen molar-refractivity contribution >= 4 is 0 Å². The van der Waals surface area contributed by atoms with Crippen LogP contribution in [0.1, 0.15) is 24.0 Å². The van der Waals surface area contributed by atoms with Crippen molar-refractivity contribution in [3.8, 4) is 0 Å². The Balaban J connectivity index is 1.86. The Bertz CT molecular complexity index is 601. The molecule has 0 unspecified atom stereocenters. The molecule has 2 aromatic rings. The average Bonchev–Trinajstić information content (AvgIpc) is 3.17. The molecular weight excluding hydrogens is 274 g/mol. The number of nitrogens with two attached hydrogens (primary N) is 1. The molecule has 22 heavy (non-hydrogen) atoms. The topological polar surface area (TPSA) is 55.5 Å². The molecule has 2 aliphatic rings. The molecule has 2 fully saturated rings. The lowest BCUT2D eigenvalue weighted by Crippen LogP contribution is -2.52. The van der Waals surface area contributed by atoms with E-state index in [1.807, 2.05) is 60.7 Å². The number of fused-ring (bicyclic) bond motifs is 2. The van der Waals surface area contributed by atoms with Crippen LogP contribution in [0.4, 0.5) is 0 Å². The van der Waals surface area contributed by atoms with Crippen LogP contribution in [0.3, 0.4) is 0 Å². The van der Waals surface area contributed by atoms with Crippen molar-refractivity contribution in [2.75, 3.05) is 0 Å². The smallest absolute Gasteiger partial charge is 0.121 e. The fourth-order valence-corrected chi connectivity index (χ4v) is 4.20. The highest BCUT2D eigenvalue weighted by molar-refractivity contribution is 5.39. The second-order valence-corrected chi connectivity index (χ2v) is 6.39. The van der Waals surface area contributed by atoms with Gasteiger partial charge in [0.25, 0.3) is 0 Å². The SMILES string of the molecule is N[C@H]1[C@@H](C(O)(c2ccccc2)c2ccccc2)[C@@H]2CC[C@H]1O2. The first-order chi connectivity index (χ1) is 10.7. The van der Waals surface area contributed by atoms with Crippen molar-refractivity contribution in [2.45, 2.75) is 36.7 Å². The van der Waals surface area contributed by atoms with Gasteiger partial charge in [0.05, 0.1) is 12.2 Å². The van der Waals surface area contributed by atoms with Crippen LogP contribution in [-0.4, -0.2) is 23.4 Å². The fraction of sp³-hybridized carbons (Fsp3) is 0.368. The van der Waals surface area contributed by atoms with Gasteiger partial charge in [0.2, 0.25) is 0 Å². The van der Waals surface area contributed by atoms with Crippen LogP contribution in [0.15, 0.2) is 60.7 Å². The highest BCUT2D eigenvalue weighted by Gasteiger charge is 2.57. The summed E-state index contributed by atoms with van der Waals surface area (Å²) in [6.07, 6.45) is 2.09. The summed E-state index contributed by atoms with van der Waals surface area (Å²) in [5, 5.41) is 11.8. The molecule has 0 radical (unpaired) electrons. The summed E-state index contributed by atoms with van der Waals surface area (Å²) in [6, 6.07) is 19.5. The zero-order valence-corrected chi connectivity index (χ0v) is 12.4. The van der Waals surface area contributed by atoms with Gasteiger partial charge in [0.1, 0.15) is 5.60 Å². The fourth-order valence-electron chi connectivity index (χ4n) is 4.20. The van der Waals surface area contributed by atoms with E-state index in [2.05, 4.69) is 0 Å². The molecule has 2 aromatic carbocycles. The summed E-state index contributed by atoms with van der Waals surface area (Å²) in [6.45, 7) is 0. The van der Waals surface area contributed by atoms with E-state index in [0.29, 0.717) is 0 Å². The van der Waals surface area contributed by atoms with Crippen molar-refractivity contribution in [3.05, 3.63) is 71.8 Å². The van der Waals surface area contributed by atoms with E-state index < -0.39 is 5.60 Å². The summed E-state index contributed by atoms with van der Waals surface area (Å²) in [4.78, 5) is 0. The minimum atomic E-state index is -1.11. The predicted octanol–water partition coefficient (Wildman–Crippen LogP) is 2.43. The highest BCUT2D eigenvalue weighted by atomic mass is 16.5. The first-order valence-corrected chi connectivity index (χ1v) is 7.95. The summed E-state index contributed by atoms with van der Waals surface area (Å²) in [7, 11) is 0. The van der Waals surface area contributed by atoms with Gasteiger partial charge in [0, 0.05) is 12.0 Å². The molecular formula is C19H21NO2. The van der Waals surface area contributed by atoms with Crippen LogP contribution in [0.25, 0.3) is 0 Å². The normalized spacial score (nSPS) is 30.6. The second kappa shape index (κ2) is 5.20. The third-order valence-electron chi connectivity index (χ3n) is 5.24. The van der Waals surface area contributed by atoms with Gasteiger partial charge in [0.15, 0.2) is 0 Å². The van der Waals surface area contributed by atoms with Crippen molar-refractivity contribution in [3.63, 3.8) is 0 Å².